The summed E-state index contributed by atoms with van der Waals surface area (Å²) in [6.07, 6.45) is 0. The summed E-state index contributed by atoms with van der Waals surface area (Å²) in [5, 5.41) is 9.97. The lowest BCUT2D eigenvalue weighted by Crippen LogP contribution is -2.27. The molecule has 0 saturated heterocycles. The molecule has 102 valence electrons. The molecule has 0 fully saturated rings. The summed E-state index contributed by atoms with van der Waals surface area (Å²) in [7, 11) is -4.75. The van der Waals surface area contributed by atoms with Gasteiger partial charge in [0, 0.05) is 34.2 Å². The number of thiophene rings is 1. The number of carboxylic acids is 1. The predicted molar refractivity (Wildman–Crippen MR) is 70.0 cm³/mol. The maximum atomic E-state index is 11.7. The van der Waals surface area contributed by atoms with Crippen molar-refractivity contribution in [1.29, 1.82) is 0 Å². The van der Waals surface area contributed by atoms with Crippen LogP contribution in [0.4, 0.5) is 0 Å². The van der Waals surface area contributed by atoms with Gasteiger partial charge < -0.3 is 5.11 Å². The topological polar surface area (TPSA) is 101 Å². The summed E-state index contributed by atoms with van der Waals surface area (Å²) in [6, 6.07) is 1.10. The molecule has 1 atom stereocenters. The van der Waals surface area contributed by atoms with Crippen molar-refractivity contribution in [3.8, 4) is 0 Å². The maximum absolute atomic E-state index is 11.7. The fraction of sp³-hybridized carbons (Fsp3) is 0.444. The number of nitrogens with one attached hydrogen (secondary N) is 1. The van der Waals surface area contributed by atoms with E-state index in [1.807, 2.05) is 0 Å². The van der Waals surface area contributed by atoms with Crippen molar-refractivity contribution in [2.75, 3.05) is 18.1 Å². The van der Waals surface area contributed by atoms with E-state index in [4.69, 9.17) is 5.11 Å². The van der Waals surface area contributed by atoms with Gasteiger partial charge in [0.1, 0.15) is 4.88 Å². The molecule has 0 aliphatic heterocycles. The molecule has 0 amide bonds. The zero-order valence-electron chi connectivity index (χ0n) is 9.58. The first kappa shape index (κ1) is 15.3. The molecule has 0 radical (unpaired) electrons. The summed E-state index contributed by atoms with van der Waals surface area (Å²) >= 11 is 0.850. The van der Waals surface area contributed by atoms with Gasteiger partial charge in [-0.05, 0) is 6.07 Å². The molecule has 1 rings (SSSR count). The molecule has 9 heteroatoms. The fourth-order valence-electron chi connectivity index (χ4n) is 1.09. The number of rotatable bonds is 7. The molecular formula is C9H13NO5S3. The van der Waals surface area contributed by atoms with Crippen molar-refractivity contribution in [3.05, 3.63) is 16.3 Å². The van der Waals surface area contributed by atoms with Crippen LogP contribution in [0.25, 0.3) is 0 Å². The number of aromatic carboxylic acids is 1. The number of sulfonamides is 1. The van der Waals surface area contributed by atoms with Gasteiger partial charge in [-0.25, -0.2) is 17.9 Å². The van der Waals surface area contributed by atoms with E-state index in [0.717, 1.165) is 17.4 Å². The van der Waals surface area contributed by atoms with Crippen molar-refractivity contribution in [2.45, 2.75) is 11.8 Å². The van der Waals surface area contributed by atoms with E-state index in [1.54, 1.807) is 6.92 Å². The van der Waals surface area contributed by atoms with Gasteiger partial charge in [-0.1, -0.05) is 6.92 Å². The van der Waals surface area contributed by atoms with E-state index in [2.05, 4.69) is 4.72 Å². The second-order valence-electron chi connectivity index (χ2n) is 3.28. The van der Waals surface area contributed by atoms with Crippen LogP contribution < -0.4 is 4.72 Å². The van der Waals surface area contributed by atoms with Crippen LogP contribution >= 0.6 is 11.3 Å². The van der Waals surface area contributed by atoms with E-state index in [1.165, 1.54) is 5.38 Å². The van der Waals surface area contributed by atoms with Crippen LogP contribution in [0.5, 0.6) is 0 Å². The summed E-state index contributed by atoms with van der Waals surface area (Å²) < 4.78 is 36.9. The molecule has 6 nitrogen and oxygen atoms in total. The zero-order chi connectivity index (χ0) is 13.8. The Kier molecular flexibility index (Phi) is 5.45. The Bertz CT molecular complexity index is 548. The summed E-state index contributed by atoms with van der Waals surface area (Å²) in [4.78, 5) is 10.5. The number of carboxylic acid groups (broad SMARTS) is 1. The number of hydrogen-bond acceptors (Lipinski definition) is 5. The third-order valence-electron chi connectivity index (χ3n) is 2.04. The lowest BCUT2D eigenvalue weighted by atomic mass is 10.5. The molecule has 18 heavy (non-hydrogen) atoms. The van der Waals surface area contributed by atoms with Crippen molar-refractivity contribution >= 4 is 38.1 Å². The van der Waals surface area contributed by atoms with Crippen LogP contribution in [0.1, 0.15) is 16.6 Å². The third-order valence-corrected chi connectivity index (χ3v) is 5.85. The van der Waals surface area contributed by atoms with Crippen LogP contribution in [0.15, 0.2) is 16.3 Å². The van der Waals surface area contributed by atoms with Gasteiger partial charge in [-0.15, -0.1) is 11.3 Å². The van der Waals surface area contributed by atoms with E-state index >= 15 is 0 Å². The fourth-order valence-corrected chi connectivity index (χ4v) is 3.98. The molecule has 0 aromatic carbocycles. The predicted octanol–water partition coefficient (Wildman–Crippen LogP) is 0.493. The molecule has 1 heterocycles. The highest BCUT2D eigenvalue weighted by Gasteiger charge is 2.18. The molecular weight excluding hydrogens is 298 g/mol. The third kappa shape index (κ3) is 4.16. The average molecular weight is 311 g/mol. The Morgan fingerprint density at radius 1 is 1.56 bits per heavy atom. The van der Waals surface area contributed by atoms with Gasteiger partial charge in [-0.3, -0.25) is 4.21 Å². The minimum absolute atomic E-state index is 0.0347. The second-order valence-corrected chi connectivity index (χ2v) is 7.83. The summed E-state index contributed by atoms with van der Waals surface area (Å²) in [5.74, 6) is -0.442. The normalized spacial score (nSPS) is 13.4. The van der Waals surface area contributed by atoms with Gasteiger partial charge in [0.15, 0.2) is 0 Å². The molecule has 1 aromatic heterocycles. The number of carbonyl (C=O) groups is 1. The Hall–Kier alpha value is -0.770. The van der Waals surface area contributed by atoms with E-state index < -0.39 is 26.8 Å². The van der Waals surface area contributed by atoms with Crippen molar-refractivity contribution in [2.24, 2.45) is 0 Å². The molecule has 0 saturated carbocycles. The summed E-state index contributed by atoms with van der Waals surface area (Å²) in [6.45, 7) is 1.82. The van der Waals surface area contributed by atoms with Crippen LogP contribution in [-0.4, -0.2) is 41.8 Å². The Morgan fingerprint density at radius 3 is 2.72 bits per heavy atom. The van der Waals surface area contributed by atoms with Crippen molar-refractivity contribution in [1.82, 2.24) is 4.72 Å². The zero-order valence-corrected chi connectivity index (χ0v) is 12.0. The van der Waals surface area contributed by atoms with Crippen LogP contribution in [0, 0.1) is 0 Å². The van der Waals surface area contributed by atoms with E-state index in [-0.39, 0.29) is 22.1 Å². The quantitative estimate of drug-likeness (QED) is 0.763. The first-order valence-electron chi connectivity index (χ1n) is 5.03. The number of hydrogen-bond donors (Lipinski definition) is 2. The lowest BCUT2D eigenvalue weighted by Gasteiger charge is -2.03. The van der Waals surface area contributed by atoms with Gasteiger partial charge in [-0.2, -0.15) is 0 Å². The SMILES string of the molecule is CCS(=O)CCNS(=O)(=O)c1csc(C(=O)O)c1. The van der Waals surface area contributed by atoms with Gasteiger partial charge in [0.05, 0.1) is 4.90 Å². The molecule has 1 unspecified atom stereocenters. The minimum atomic E-state index is -3.71. The Morgan fingerprint density at radius 2 is 2.22 bits per heavy atom. The van der Waals surface area contributed by atoms with Gasteiger partial charge in [0.2, 0.25) is 10.0 Å². The Labute approximate surface area is 112 Å². The molecule has 0 aliphatic carbocycles. The largest absolute Gasteiger partial charge is 0.477 e. The van der Waals surface area contributed by atoms with E-state index in [9.17, 15) is 17.4 Å². The highest BCUT2D eigenvalue weighted by atomic mass is 32.2. The highest BCUT2D eigenvalue weighted by Crippen LogP contribution is 2.18. The van der Waals surface area contributed by atoms with Crippen molar-refractivity contribution < 1.29 is 22.5 Å². The second kappa shape index (κ2) is 6.41. The average Bonchev–Trinajstić information content (AvgIpc) is 2.78. The van der Waals surface area contributed by atoms with Crippen LogP contribution in [0.3, 0.4) is 0 Å². The van der Waals surface area contributed by atoms with Crippen LogP contribution in [-0.2, 0) is 20.8 Å². The van der Waals surface area contributed by atoms with E-state index in [0.29, 0.717) is 5.75 Å². The van der Waals surface area contributed by atoms with Crippen LogP contribution in [0.2, 0.25) is 0 Å². The molecule has 1 aromatic rings. The standard InChI is InChI=1S/C9H13NO5S3/c1-2-17(13)4-3-10-18(14,15)7-5-8(9(11)12)16-6-7/h5-6,10H,2-4H2,1H3,(H,11,12). The molecule has 2 N–H and O–H groups in total. The van der Waals surface area contributed by atoms with Gasteiger partial charge in [0.25, 0.3) is 0 Å². The lowest BCUT2D eigenvalue weighted by molar-refractivity contribution is 0.0702. The molecule has 0 aliphatic rings. The summed E-state index contributed by atoms with van der Waals surface area (Å²) in [5.41, 5.74) is 0. The highest BCUT2D eigenvalue weighted by molar-refractivity contribution is 7.89. The smallest absolute Gasteiger partial charge is 0.345 e. The molecule has 0 spiro atoms. The van der Waals surface area contributed by atoms with Crippen molar-refractivity contribution in [3.63, 3.8) is 0 Å². The maximum Gasteiger partial charge on any atom is 0.345 e. The molecule has 0 bridgehead atoms. The van der Waals surface area contributed by atoms with Gasteiger partial charge >= 0.3 is 5.97 Å². The minimum Gasteiger partial charge on any atom is -0.477 e. The first-order chi connectivity index (χ1) is 8.36. The Balaban J connectivity index is 2.68. The monoisotopic (exact) mass is 311 g/mol. The first-order valence-corrected chi connectivity index (χ1v) is 8.88.